The van der Waals surface area contributed by atoms with Gasteiger partial charge in [-0.3, -0.25) is 9.48 Å². The van der Waals surface area contributed by atoms with Gasteiger partial charge in [-0.15, -0.1) is 0 Å². The third-order valence-corrected chi connectivity index (χ3v) is 3.24. The molecular formula is C12H18N2O3. The van der Waals surface area contributed by atoms with Gasteiger partial charge in [0.1, 0.15) is 11.3 Å². The van der Waals surface area contributed by atoms with Gasteiger partial charge in [0.25, 0.3) is 0 Å². The van der Waals surface area contributed by atoms with Crippen molar-refractivity contribution in [2.45, 2.75) is 38.8 Å². The van der Waals surface area contributed by atoms with Crippen LogP contribution in [-0.2, 0) is 11.3 Å². The molecular weight excluding hydrogens is 220 g/mol. The molecule has 5 heteroatoms. The molecule has 0 spiro atoms. The number of methoxy groups -OCH3 is 1. The Kier molecular flexibility index (Phi) is 3.19. The van der Waals surface area contributed by atoms with Gasteiger partial charge in [0.15, 0.2) is 5.75 Å². The number of ether oxygens (including phenoxy) is 2. The molecule has 1 fully saturated rings. The Morgan fingerprint density at radius 1 is 1.71 bits per heavy atom. The fraction of sp³-hybridized carbons (Fsp3) is 0.667. The lowest BCUT2D eigenvalue weighted by Crippen LogP contribution is -2.36. The van der Waals surface area contributed by atoms with Crippen LogP contribution in [0.1, 0.15) is 37.2 Å². The second-order valence-corrected chi connectivity index (χ2v) is 4.39. The van der Waals surface area contributed by atoms with E-state index in [9.17, 15) is 4.79 Å². The average Bonchev–Trinajstić information content (AvgIpc) is 2.94. The van der Waals surface area contributed by atoms with Gasteiger partial charge in [-0.2, -0.15) is 5.10 Å². The van der Waals surface area contributed by atoms with Crippen molar-refractivity contribution in [2.24, 2.45) is 0 Å². The Morgan fingerprint density at radius 3 is 3.00 bits per heavy atom. The highest BCUT2D eigenvalue weighted by atomic mass is 16.5. The number of carbonyl (C=O) groups is 1. The minimum Gasteiger partial charge on any atom is -0.493 e. The molecule has 1 aromatic heterocycles. The quantitative estimate of drug-likeness (QED) is 0.749. The van der Waals surface area contributed by atoms with Crippen molar-refractivity contribution in [1.82, 2.24) is 9.78 Å². The zero-order valence-corrected chi connectivity index (χ0v) is 10.5. The summed E-state index contributed by atoms with van der Waals surface area (Å²) in [5.41, 5.74) is -0.209. The number of hydrogen-bond donors (Lipinski definition) is 0. The van der Waals surface area contributed by atoms with Gasteiger partial charge in [-0.05, 0) is 26.7 Å². The fourth-order valence-corrected chi connectivity index (χ4v) is 2.20. The van der Waals surface area contributed by atoms with E-state index >= 15 is 0 Å². The third kappa shape index (κ3) is 1.95. The van der Waals surface area contributed by atoms with Gasteiger partial charge < -0.3 is 9.47 Å². The van der Waals surface area contributed by atoms with E-state index in [0.717, 1.165) is 12.8 Å². The molecule has 1 aliphatic rings. The SMILES string of the molecule is CCn1ncc(OC)c1C(=O)C1(C)CCCO1. The topological polar surface area (TPSA) is 53.4 Å². The van der Waals surface area contributed by atoms with Crippen LogP contribution < -0.4 is 4.74 Å². The van der Waals surface area contributed by atoms with Crippen LogP contribution in [0.5, 0.6) is 5.75 Å². The van der Waals surface area contributed by atoms with Crippen LogP contribution in [-0.4, -0.2) is 34.9 Å². The molecule has 2 rings (SSSR count). The van der Waals surface area contributed by atoms with Crippen molar-refractivity contribution in [3.63, 3.8) is 0 Å². The van der Waals surface area contributed by atoms with E-state index in [1.807, 2.05) is 13.8 Å². The van der Waals surface area contributed by atoms with Gasteiger partial charge >= 0.3 is 0 Å². The van der Waals surface area contributed by atoms with Crippen LogP contribution in [0.3, 0.4) is 0 Å². The number of ketones is 1. The number of rotatable bonds is 4. The molecule has 0 radical (unpaired) electrons. The molecule has 0 bridgehead atoms. The highest BCUT2D eigenvalue weighted by Crippen LogP contribution is 2.32. The fourth-order valence-electron chi connectivity index (χ4n) is 2.20. The largest absolute Gasteiger partial charge is 0.493 e. The van der Waals surface area contributed by atoms with Crippen molar-refractivity contribution in [1.29, 1.82) is 0 Å². The van der Waals surface area contributed by atoms with Gasteiger partial charge in [-0.25, -0.2) is 0 Å². The van der Waals surface area contributed by atoms with Crippen LogP contribution in [0.4, 0.5) is 0 Å². The molecule has 0 aromatic carbocycles. The van der Waals surface area contributed by atoms with Crippen LogP contribution in [0, 0.1) is 0 Å². The van der Waals surface area contributed by atoms with Crippen LogP contribution in [0.25, 0.3) is 0 Å². The molecule has 0 aliphatic carbocycles. The molecule has 1 saturated heterocycles. The minimum atomic E-state index is -0.722. The molecule has 1 aromatic rings. The Morgan fingerprint density at radius 2 is 2.47 bits per heavy atom. The van der Waals surface area contributed by atoms with Gasteiger partial charge in [0, 0.05) is 13.2 Å². The van der Waals surface area contributed by atoms with Crippen molar-refractivity contribution in [3.05, 3.63) is 11.9 Å². The summed E-state index contributed by atoms with van der Waals surface area (Å²) in [4.78, 5) is 12.5. The van der Waals surface area contributed by atoms with E-state index in [0.29, 0.717) is 24.6 Å². The molecule has 1 unspecified atom stereocenters. The lowest BCUT2D eigenvalue weighted by molar-refractivity contribution is 0.0202. The molecule has 17 heavy (non-hydrogen) atoms. The van der Waals surface area contributed by atoms with Crippen molar-refractivity contribution in [3.8, 4) is 5.75 Å². The number of hydrogen-bond acceptors (Lipinski definition) is 4. The average molecular weight is 238 g/mol. The molecule has 0 saturated carbocycles. The first kappa shape index (κ1) is 12.1. The number of carbonyl (C=O) groups excluding carboxylic acids is 1. The number of aromatic nitrogens is 2. The van der Waals surface area contributed by atoms with E-state index in [4.69, 9.17) is 9.47 Å². The van der Waals surface area contributed by atoms with E-state index < -0.39 is 5.60 Å². The highest BCUT2D eigenvalue weighted by Gasteiger charge is 2.41. The molecule has 1 atom stereocenters. The minimum absolute atomic E-state index is 0.0359. The van der Waals surface area contributed by atoms with E-state index in [2.05, 4.69) is 5.10 Å². The Hall–Kier alpha value is -1.36. The maximum Gasteiger partial charge on any atom is 0.216 e. The van der Waals surface area contributed by atoms with Crippen molar-refractivity contribution >= 4 is 5.78 Å². The molecule has 0 amide bonds. The molecule has 1 aliphatic heterocycles. The zero-order chi connectivity index (χ0) is 12.5. The monoisotopic (exact) mass is 238 g/mol. The summed E-state index contributed by atoms with van der Waals surface area (Å²) in [5, 5.41) is 4.14. The van der Waals surface area contributed by atoms with Crippen LogP contribution in [0.2, 0.25) is 0 Å². The first-order valence-electron chi connectivity index (χ1n) is 5.91. The smallest absolute Gasteiger partial charge is 0.216 e. The predicted octanol–water partition coefficient (Wildman–Crippen LogP) is 1.66. The van der Waals surface area contributed by atoms with E-state index in [1.54, 1.807) is 18.0 Å². The Balaban J connectivity index is 2.38. The Labute approximate surface area is 101 Å². The number of Topliss-reactive ketones (excluding diaryl/α,β-unsaturated/α-hetero) is 1. The summed E-state index contributed by atoms with van der Waals surface area (Å²) >= 11 is 0. The summed E-state index contributed by atoms with van der Waals surface area (Å²) in [7, 11) is 1.55. The summed E-state index contributed by atoms with van der Waals surface area (Å²) < 4.78 is 12.4. The third-order valence-electron chi connectivity index (χ3n) is 3.24. The normalized spacial score (nSPS) is 23.9. The summed E-state index contributed by atoms with van der Waals surface area (Å²) in [6.07, 6.45) is 3.25. The maximum atomic E-state index is 12.5. The zero-order valence-electron chi connectivity index (χ0n) is 10.5. The molecule has 94 valence electrons. The second-order valence-electron chi connectivity index (χ2n) is 4.39. The van der Waals surface area contributed by atoms with Crippen LogP contribution >= 0.6 is 0 Å². The first-order valence-corrected chi connectivity index (χ1v) is 5.91. The maximum absolute atomic E-state index is 12.5. The Bertz CT molecular complexity index is 398. The van der Waals surface area contributed by atoms with E-state index in [1.165, 1.54) is 0 Å². The van der Waals surface area contributed by atoms with E-state index in [-0.39, 0.29) is 5.78 Å². The molecule has 0 N–H and O–H groups in total. The first-order chi connectivity index (χ1) is 8.12. The second kappa shape index (κ2) is 4.49. The van der Waals surface area contributed by atoms with Gasteiger partial charge in [0.2, 0.25) is 5.78 Å². The highest BCUT2D eigenvalue weighted by molar-refractivity contribution is 6.03. The standard InChI is InChI=1S/C12H18N2O3/c1-4-14-10(9(16-3)8-13-14)11(15)12(2)6-5-7-17-12/h8H,4-7H2,1-3H3. The lowest BCUT2D eigenvalue weighted by Gasteiger charge is -2.22. The van der Waals surface area contributed by atoms with Crippen molar-refractivity contribution < 1.29 is 14.3 Å². The number of aryl methyl sites for hydroxylation is 1. The molecule has 5 nitrogen and oxygen atoms in total. The van der Waals surface area contributed by atoms with Gasteiger partial charge in [0.05, 0.1) is 13.3 Å². The summed E-state index contributed by atoms with van der Waals surface area (Å²) in [6, 6.07) is 0. The molecule has 2 heterocycles. The number of nitrogens with zero attached hydrogens (tertiary/aromatic N) is 2. The van der Waals surface area contributed by atoms with Crippen molar-refractivity contribution in [2.75, 3.05) is 13.7 Å². The van der Waals surface area contributed by atoms with Gasteiger partial charge in [-0.1, -0.05) is 0 Å². The van der Waals surface area contributed by atoms with Crippen LogP contribution in [0.15, 0.2) is 6.20 Å². The lowest BCUT2D eigenvalue weighted by atomic mass is 9.94. The predicted molar refractivity (Wildman–Crippen MR) is 62.4 cm³/mol. The summed E-state index contributed by atoms with van der Waals surface area (Å²) in [5.74, 6) is 0.486. The summed E-state index contributed by atoms with van der Waals surface area (Å²) in [6.45, 7) is 5.07.